The smallest absolute Gasteiger partial charge is 0.426 e. The Kier molecular flexibility index (Phi) is 13.5. The molecule has 0 unspecified atom stereocenters. The molecule has 1 amide bonds. The monoisotopic (exact) mass is 477 g/mol. The van der Waals surface area contributed by atoms with Crippen molar-refractivity contribution in [1.29, 1.82) is 0 Å². The quantitative estimate of drug-likeness (QED) is 0.0584. The summed E-state index contributed by atoms with van der Waals surface area (Å²) in [7, 11) is -1.72. The second-order valence-corrected chi connectivity index (χ2v) is 8.72. The van der Waals surface area contributed by atoms with Gasteiger partial charge in [0.15, 0.2) is 5.03 Å². The first-order chi connectivity index (χ1) is 16.1. The van der Waals surface area contributed by atoms with Crippen LogP contribution in [-0.4, -0.2) is 52.3 Å². The van der Waals surface area contributed by atoms with Crippen molar-refractivity contribution in [2.24, 2.45) is 22.6 Å². The highest BCUT2D eigenvalue weighted by Gasteiger charge is 2.29. The Bertz CT molecular complexity index is 806. The molecule has 0 aliphatic heterocycles. The molecule has 6 N–H and O–H groups in total. The molecule has 1 aromatic carbocycles. The summed E-state index contributed by atoms with van der Waals surface area (Å²) in [6.45, 7) is 3.93. The topological polar surface area (TPSA) is 180 Å². The Labute approximate surface area is 200 Å². The summed E-state index contributed by atoms with van der Waals surface area (Å²) in [5, 5.41) is 31.5. The third kappa shape index (κ3) is 12.9. The number of nitrogens with one attached hydrogen (secondary N) is 2. The van der Waals surface area contributed by atoms with Gasteiger partial charge in [0.25, 0.3) is 5.96 Å². The van der Waals surface area contributed by atoms with Gasteiger partial charge >= 0.3 is 7.12 Å². The molecule has 11 nitrogen and oxygen atoms in total. The maximum absolute atomic E-state index is 12.9. The van der Waals surface area contributed by atoms with Crippen LogP contribution in [0.3, 0.4) is 0 Å². The van der Waals surface area contributed by atoms with Crippen LogP contribution in [0.1, 0.15) is 57.9 Å². The minimum absolute atomic E-state index is 0.0168. The van der Waals surface area contributed by atoms with Crippen molar-refractivity contribution in [3.63, 3.8) is 0 Å². The predicted molar refractivity (Wildman–Crippen MR) is 130 cm³/mol. The predicted octanol–water partition coefficient (Wildman–Crippen LogP) is 1.00. The van der Waals surface area contributed by atoms with Gasteiger partial charge in [0.05, 0.1) is 5.94 Å². The van der Waals surface area contributed by atoms with Crippen LogP contribution >= 0.6 is 0 Å². The molecular formula is C22H36BN5O6. The average molecular weight is 477 g/mol. The molecule has 0 saturated heterocycles. The molecule has 12 heteroatoms. The normalized spacial score (nSPS) is 13.3. The highest BCUT2D eigenvalue weighted by molar-refractivity contribution is 6.43. The van der Waals surface area contributed by atoms with Crippen molar-refractivity contribution in [1.82, 2.24) is 10.7 Å². The Hall–Kier alpha value is -2.99. The highest BCUT2D eigenvalue weighted by Crippen LogP contribution is 2.17. The standard InChI is InChI=1S/C22H36BN5O6/c1-16(2)14-20(23(31)32)26-21(30)18(11-7-13-25-22(24)27-28(33)34)15-19(29)12-6-10-17-8-4-3-5-9-17/h3-5,8-9,16,18,20,31-32H,6-7,10-15H2,1-2H3,(H,26,30)(H3,24,25,27)/t18-,20+/m1/s1. The number of rotatable bonds is 16. The lowest BCUT2D eigenvalue weighted by Crippen LogP contribution is -2.49. The maximum atomic E-state index is 12.9. The molecule has 0 heterocycles. The number of hydrazine groups is 1. The van der Waals surface area contributed by atoms with Crippen LogP contribution in [-0.2, 0) is 16.0 Å². The fraction of sp³-hybridized carbons (Fsp3) is 0.591. The molecule has 0 spiro atoms. The van der Waals surface area contributed by atoms with Gasteiger partial charge in [-0.1, -0.05) is 49.6 Å². The molecule has 0 aliphatic rings. The van der Waals surface area contributed by atoms with Crippen molar-refractivity contribution in [3.05, 3.63) is 46.0 Å². The second-order valence-electron chi connectivity index (χ2n) is 8.72. The Balaban J connectivity index is 2.71. The van der Waals surface area contributed by atoms with Crippen molar-refractivity contribution < 1.29 is 24.7 Å². The Morgan fingerprint density at radius 3 is 2.47 bits per heavy atom. The van der Waals surface area contributed by atoms with Crippen LogP contribution in [0.4, 0.5) is 0 Å². The fourth-order valence-corrected chi connectivity index (χ4v) is 3.57. The average Bonchev–Trinajstić information content (AvgIpc) is 2.75. The number of amides is 1. The lowest BCUT2D eigenvalue weighted by molar-refractivity contribution is -0.525. The molecular weight excluding hydrogens is 441 g/mol. The number of Topliss-reactive ketones (excluding diaryl/α,β-unsaturated/α-hetero) is 1. The number of nitrogens with two attached hydrogens (primary N) is 1. The van der Waals surface area contributed by atoms with E-state index in [0.717, 1.165) is 12.0 Å². The summed E-state index contributed by atoms with van der Waals surface area (Å²) < 4.78 is 0. The van der Waals surface area contributed by atoms with Gasteiger partial charge in [0.2, 0.25) is 5.91 Å². The molecule has 34 heavy (non-hydrogen) atoms. The third-order valence-corrected chi connectivity index (χ3v) is 5.22. The summed E-state index contributed by atoms with van der Waals surface area (Å²) in [4.78, 5) is 39.7. The summed E-state index contributed by atoms with van der Waals surface area (Å²) >= 11 is 0. The third-order valence-electron chi connectivity index (χ3n) is 5.22. The minimum Gasteiger partial charge on any atom is -0.426 e. The fourth-order valence-electron chi connectivity index (χ4n) is 3.57. The molecule has 0 aliphatic carbocycles. The molecule has 0 aromatic heterocycles. The molecule has 2 atom stereocenters. The SMILES string of the molecule is CC(C)C[C@H](NC(=O)[C@H](CCCN=C(N)N[N+](=O)[O-])CC(=O)CCCc1ccccc1)B(O)O. The summed E-state index contributed by atoms with van der Waals surface area (Å²) in [5.41, 5.74) is 8.26. The van der Waals surface area contributed by atoms with E-state index in [1.165, 1.54) is 0 Å². The van der Waals surface area contributed by atoms with Gasteiger partial charge < -0.3 is 21.1 Å². The van der Waals surface area contributed by atoms with E-state index in [1.807, 2.05) is 44.2 Å². The van der Waals surface area contributed by atoms with Gasteiger partial charge in [0, 0.05) is 25.3 Å². The summed E-state index contributed by atoms with van der Waals surface area (Å²) in [5.74, 6) is -2.24. The van der Waals surface area contributed by atoms with Gasteiger partial charge in [-0.2, -0.15) is 0 Å². The number of hydrogen-bond donors (Lipinski definition) is 5. The van der Waals surface area contributed by atoms with E-state index >= 15 is 0 Å². The van der Waals surface area contributed by atoms with Crippen molar-refractivity contribution in [2.45, 2.75) is 64.7 Å². The number of aliphatic imine (C=N–C) groups is 1. The highest BCUT2D eigenvalue weighted by atomic mass is 16.7. The van der Waals surface area contributed by atoms with Gasteiger partial charge in [-0.3, -0.25) is 9.59 Å². The summed E-state index contributed by atoms with van der Waals surface area (Å²) in [6.07, 6.45) is 2.80. The minimum atomic E-state index is -1.72. The molecule has 0 fully saturated rings. The molecule has 1 rings (SSSR count). The van der Waals surface area contributed by atoms with E-state index in [0.29, 0.717) is 32.1 Å². The van der Waals surface area contributed by atoms with Crippen molar-refractivity contribution in [2.75, 3.05) is 6.54 Å². The number of hydrogen-bond acceptors (Lipinski definition) is 7. The number of benzene rings is 1. The lowest BCUT2D eigenvalue weighted by Gasteiger charge is -2.23. The van der Waals surface area contributed by atoms with Crippen LogP contribution in [0.2, 0.25) is 0 Å². The Morgan fingerprint density at radius 1 is 1.21 bits per heavy atom. The molecule has 1 aromatic rings. The van der Waals surface area contributed by atoms with Crippen molar-refractivity contribution >= 4 is 24.8 Å². The van der Waals surface area contributed by atoms with E-state index in [9.17, 15) is 29.8 Å². The second kappa shape index (κ2) is 15.8. The van der Waals surface area contributed by atoms with Crippen LogP contribution in [0.5, 0.6) is 0 Å². The van der Waals surface area contributed by atoms with E-state index in [-0.39, 0.29) is 30.6 Å². The first kappa shape index (κ1) is 29.0. The van der Waals surface area contributed by atoms with Gasteiger partial charge in [0.1, 0.15) is 5.78 Å². The number of aryl methyl sites for hydroxylation is 1. The summed E-state index contributed by atoms with van der Waals surface area (Å²) in [6, 6.07) is 9.80. The Morgan fingerprint density at radius 2 is 1.88 bits per heavy atom. The number of carbonyl (C=O) groups excluding carboxylic acids is 2. The van der Waals surface area contributed by atoms with Gasteiger partial charge in [-0.05, 0) is 43.6 Å². The van der Waals surface area contributed by atoms with Crippen LogP contribution in [0.25, 0.3) is 0 Å². The van der Waals surface area contributed by atoms with Crippen LogP contribution in [0, 0.1) is 22.0 Å². The first-order valence-corrected chi connectivity index (χ1v) is 11.5. The van der Waals surface area contributed by atoms with Gasteiger partial charge in [-0.15, -0.1) is 0 Å². The number of carbonyl (C=O) groups is 2. The number of ketones is 1. The zero-order chi connectivity index (χ0) is 25.5. The number of nitrogens with zero attached hydrogens (tertiary/aromatic N) is 2. The lowest BCUT2D eigenvalue weighted by atomic mass is 9.74. The molecule has 0 saturated carbocycles. The van der Waals surface area contributed by atoms with E-state index < -0.39 is 29.9 Å². The first-order valence-electron chi connectivity index (χ1n) is 11.5. The zero-order valence-electron chi connectivity index (χ0n) is 19.9. The molecule has 0 radical (unpaired) electrons. The van der Waals surface area contributed by atoms with E-state index in [4.69, 9.17) is 5.73 Å². The number of nitro groups is 1. The maximum Gasteiger partial charge on any atom is 0.475 e. The van der Waals surface area contributed by atoms with Crippen LogP contribution < -0.4 is 16.5 Å². The molecule has 188 valence electrons. The largest absolute Gasteiger partial charge is 0.475 e. The van der Waals surface area contributed by atoms with E-state index in [1.54, 1.807) is 5.43 Å². The number of guanidine groups is 1. The van der Waals surface area contributed by atoms with E-state index in [2.05, 4.69) is 10.3 Å². The van der Waals surface area contributed by atoms with Gasteiger partial charge in [-0.25, -0.2) is 15.1 Å². The zero-order valence-corrected chi connectivity index (χ0v) is 19.9. The molecule has 0 bridgehead atoms. The van der Waals surface area contributed by atoms with Crippen molar-refractivity contribution in [3.8, 4) is 0 Å². The van der Waals surface area contributed by atoms with Crippen LogP contribution in [0.15, 0.2) is 35.3 Å².